The third kappa shape index (κ3) is 3.30. The molecule has 1 N–H and O–H groups in total. The lowest BCUT2D eigenvalue weighted by Crippen LogP contribution is -2.33. The molecule has 7 heteroatoms. The second-order valence-electron chi connectivity index (χ2n) is 5.99. The van der Waals surface area contributed by atoms with Crippen LogP contribution in [0.15, 0.2) is 42.6 Å². The minimum atomic E-state index is -0.488. The van der Waals surface area contributed by atoms with Crippen molar-refractivity contribution in [1.82, 2.24) is 9.47 Å². The summed E-state index contributed by atoms with van der Waals surface area (Å²) in [6.07, 6.45) is 4.05. The molecule has 0 saturated carbocycles. The van der Waals surface area contributed by atoms with Crippen LogP contribution >= 0.6 is 0 Å². The number of carbonyl (C=O) groups excluding carboxylic acids is 1. The molecule has 2 heterocycles. The second-order valence-corrected chi connectivity index (χ2v) is 5.99. The SMILES string of the molecule is Cn1cccc1[C@H]1CCCN1CC(=O)Nc1ccccc1[N+](=O)[O-]. The van der Waals surface area contributed by atoms with Gasteiger partial charge in [0.2, 0.25) is 5.91 Å². The average Bonchev–Trinajstić information content (AvgIpc) is 3.16. The van der Waals surface area contributed by atoms with Crippen molar-refractivity contribution in [2.24, 2.45) is 7.05 Å². The highest BCUT2D eigenvalue weighted by Crippen LogP contribution is 2.31. The van der Waals surface area contributed by atoms with E-state index in [1.54, 1.807) is 18.2 Å². The minimum absolute atomic E-state index is 0.0914. The first-order valence-electron chi connectivity index (χ1n) is 7.95. The molecular weight excluding hydrogens is 308 g/mol. The third-order valence-corrected chi connectivity index (χ3v) is 4.41. The van der Waals surface area contributed by atoms with Crippen molar-refractivity contribution in [3.8, 4) is 0 Å². The van der Waals surface area contributed by atoms with Gasteiger partial charge >= 0.3 is 0 Å². The number of nitrogens with zero attached hydrogens (tertiary/aromatic N) is 3. The average molecular weight is 328 g/mol. The summed E-state index contributed by atoms with van der Waals surface area (Å²) in [6, 6.07) is 10.5. The summed E-state index contributed by atoms with van der Waals surface area (Å²) in [6.45, 7) is 1.07. The van der Waals surface area contributed by atoms with E-state index in [1.807, 2.05) is 19.3 Å². The maximum absolute atomic E-state index is 12.4. The van der Waals surface area contributed by atoms with Gasteiger partial charge in [-0.2, -0.15) is 0 Å². The van der Waals surface area contributed by atoms with Gasteiger partial charge in [0.25, 0.3) is 5.69 Å². The van der Waals surface area contributed by atoms with Gasteiger partial charge in [-0.1, -0.05) is 12.1 Å². The molecule has 1 aliphatic heterocycles. The van der Waals surface area contributed by atoms with Crippen molar-refractivity contribution >= 4 is 17.3 Å². The zero-order valence-electron chi connectivity index (χ0n) is 13.5. The van der Waals surface area contributed by atoms with Crippen LogP contribution in [0.5, 0.6) is 0 Å². The van der Waals surface area contributed by atoms with Crippen molar-refractivity contribution in [1.29, 1.82) is 0 Å². The Balaban J connectivity index is 1.69. The number of carbonyl (C=O) groups is 1. The van der Waals surface area contributed by atoms with Crippen molar-refractivity contribution in [3.63, 3.8) is 0 Å². The normalized spacial score (nSPS) is 17.8. The van der Waals surface area contributed by atoms with Crippen LogP contribution in [0.3, 0.4) is 0 Å². The molecule has 1 aromatic carbocycles. The molecule has 0 spiro atoms. The molecular formula is C17H20N4O3. The molecule has 7 nitrogen and oxygen atoms in total. The Morgan fingerprint density at radius 3 is 2.83 bits per heavy atom. The lowest BCUT2D eigenvalue weighted by Gasteiger charge is -2.24. The largest absolute Gasteiger partial charge is 0.353 e. The molecule has 126 valence electrons. The zero-order valence-corrected chi connectivity index (χ0v) is 13.5. The van der Waals surface area contributed by atoms with Gasteiger partial charge < -0.3 is 9.88 Å². The number of amides is 1. The Labute approximate surface area is 140 Å². The molecule has 1 aromatic heterocycles. The number of aromatic nitrogens is 1. The molecule has 1 amide bonds. The van der Waals surface area contributed by atoms with Crippen LogP contribution in [0, 0.1) is 10.1 Å². The topological polar surface area (TPSA) is 80.4 Å². The summed E-state index contributed by atoms with van der Waals surface area (Å²) in [7, 11) is 2.00. The molecule has 1 aliphatic rings. The van der Waals surface area contributed by atoms with E-state index < -0.39 is 4.92 Å². The molecule has 0 radical (unpaired) electrons. The fourth-order valence-corrected chi connectivity index (χ4v) is 3.28. The molecule has 1 saturated heterocycles. The molecule has 2 aromatic rings. The minimum Gasteiger partial charge on any atom is -0.353 e. The molecule has 3 rings (SSSR count). The molecule has 0 unspecified atom stereocenters. The fourth-order valence-electron chi connectivity index (χ4n) is 3.28. The quantitative estimate of drug-likeness (QED) is 0.676. The highest BCUT2D eigenvalue weighted by molar-refractivity contribution is 5.94. The lowest BCUT2D eigenvalue weighted by atomic mass is 10.1. The van der Waals surface area contributed by atoms with Gasteiger partial charge in [-0.15, -0.1) is 0 Å². The molecule has 1 atom stereocenters. The predicted octanol–water partition coefficient (Wildman–Crippen LogP) is 2.71. The summed E-state index contributed by atoms with van der Waals surface area (Å²) < 4.78 is 2.07. The van der Waals surface area contributed by atoms with E-state index in [0.717, 1.165) is 19.4 Å². The van der Waals surface area contributed by atoms with Crippen molar-refractivity contribution in [2.75, 3.05) is 18.4 Å². The van der Waals surface area contributed by atoms with Crippen molar-refractivity contribution in [2.45, 2.75) is 18.9 Å². The molecule has 0 bridgehead atoms. The van der Waals surface area contributed by atoms with Gasteiger partial charge in [-0.05, 0) is 37.6 Å². The summed E-state index contributed by atoms with van der Waals surface area (Å²) in [5.41, 5.74) is 1.33. The number of nitro benzene ring substituents is 1. The number of aryl methyl sites for hydroxylation is 1. The third-order valence-electron chi connectivity index (χ3n) is 4.41. The number of hydrogen-bond donors (Lipinski definition) is 1. The van der Waals surface area contributed by atoms with E-state index in [4.69, 9.17) is 0 Å². The first-order valence-corrected chi connectivity index (χ1v) is 7.95. The van der Waals surface area contributed by atoms with Crippen LogP contribution in [0.2, 0.25) is 0 Å². The second kappa shape index (κ2) is 6.84. The van der Waals surface area contributed by atoms with Crippen LogP contribution < -0.4 is 5.32 Å². The van der Waals surface area contributed by atoms with Crippen LogP contribution in [0.4, 0.5) is 11.4 Å². The fraction of sp³-hybridized carbons (Fsp3) is 0.353. The van der Waals surface area contributed by atoms with Gasteiger partial charge in [0.15, 0.2) is 0 Å². The van der Waals surface area contributed by atoms with E-state index in [0.29, 0.717) is 0 Å². The van der Waals surface area contributed by atoms with E-state index in [9.17, 15) is 14.9 Å². The van der Waals surface area contributed by atoms with Crippen molar-refractivity contribution < 1.29 is 9.72 Å². The summed E-state index contributed by atoms with van der Waals surface area (Å²) in [5, 5.41) is 13.7. The molecule has 1 fully saturated rings. The summed E-state index contributed by atoms with van der Waals surface area (Å²) in [5.74, 6) is -0.231. The first-order chi connectivity index (χ1) is 11.6. The monoisotopic (exact) mass is 328 g/mol. The Bertz CT molecular complexity index is 756. The van der Waals surface area contributed by atoms with Gasteiger partial charge in [0.1, 0.15) is 5.69 Å². The first kappa shape index (κ1) is 16.2. The van der Waals surface area contributed by atoms with Crippen LogP contribution in [0.1, 0.15) is 24.6 Å². The van der Waals surface area contributed by atoms with E-state index in [2.05, 4.69) is 20.9 Å². The Morgan fingerprint density at radius 2 is 2.12 bits per heavy atom. The van der Waals surface area contributed by atoms with E-state index in [1.165, 1.54) is 11.8 Å². The number of rotatable bonds is 5. The maximum atomic E-state index is 12.4. The smallest absolute Gasteiger partial charge is 0.292 e. The Morgan fingerprint density at radius 1 is 1.33 bits per heavy atom. The van der Waals surface area contributed by atoms with E-state index in [-0.39, 0.29) is 29.9 Å². The predicted molar refractivity (Wildman–Crippen MR) is 90.7 cm³/mol. The van der Waals surface area contributed by atoms with E-state index >= 15 is 0 Å². The van der Waals surface area contributed by atoms with Crippen LogP contribution in [-0.2, 0) is 11.8 Å². The number of para-hydroxylation sites is 2. The van der Waals surface area contributed by atoms with Gasteiger partial charge in [-0.25, -0.2) is 0 Å². The summed E-state index contributed by atoms with van der Waals surface area (Å²) in [4.78, 5) is 25.0. The number of hydrogen-bond acceptors (Lipinski definition) is 4. The lowest BCUT2D eigenvalue weighted by molar-refractivity contribution is -0.383. The highest BCUT2D eigenvalue weighted by atomic mass is 16.6. The van der Waals surface area contributed by atoms with Crippen LogP contribution in [0.25, 0.3) is 0 Å². The van der Waals surface area contributed by atoms with Crippen LogP contribution in [-0.4, -0.2) is 33.4 Å². The van der Waals surface area contributed by atoms with Gasteiger partial charge in [0.05, 0.1) is 17.5 Å². The number of nitro groups is 1. The Kier molecular flexibility index (Phi) is 4.61. The standard InChI is InChI=1S/C17H20N4O3/c1-19-10-4-8-15(19)16-9-5-11-20(16)12-17(22)18-13-6-2-3-7-14(13)21(23)24/h2-4,6-8,10,16H,5,9,11-12H2,1H3,(H,18,22)/t16-/m1/s1. The number of likely N-dealkylation sites (tertiary alicyclic amines) is 1. The maximum Gasteiger partial charge on any atom is 0.292 e. The number of benzene rings is 1. The number of anilines is 1. The number of nitrogens with one attached hydrogen (secondary N) is 1. The van der Waals surface area contributed by atoms with Gasteiger partial charge in [0, 0.05) is 25.0 Å². The highest BCUT2D eigenvalue weighted by Gasteiger charge is 2.29. The van der Waals surface area contributed by atoms with Gasteiger partial charge in [-0.3, -0.25) is 19.8 Å². The molecule has 0 aliphatic carbocycles. The zero-order chi connectivity index (χ0) is 17.1. The van der Waals surface area contributed by atoms with Crippen molar-refractivity contribution in [3.05, 3.63) is 58.4 Å². The molecule has 24 heavy (non-hydrogen) atoms. The summed E-state index contributed by atoms with van der Waals surface area (Å²) >= 11 is 0. The Hall–Kier alpha value is -2.67.